The Hall–Kier alpha value is -0.820. The van der Waals surface area contributed by atoms with Crippen molar-refractivity contribution in [2.75, 3.05) is 0 Å². The van der Waals surface area contributed by atoms with E-state index in [1.807, 2.05) is 0 Å². The second-order valence-corrected chi connectivity index (χ2v) is 4.78. The number of rotatable bonds is 2. The van der Waals surface area contributed by atoms with Gasteiger partial charge in [0.05, 0.1) is 5.56 Å². The van der Waals surface area contributed by atoms with Crippen LogP contribution < -0.4 is 0 Å². The lowest BCUT2D eigenvalue weighted by molar-refractivity contribution is 0.145. The van der Waals surface area contributed by atoms with E-state index in [1.54, 1.807) is 0 Å². The summed E-state index contributed by atoms with van der Waals surface area (Å²) in [7, 11) is 0.626. The predicted molar refractivity (Wildman–Crippen MR) is 42.2 cm³/mol. The van der Waals surface area contributed by atoms with Crippen molar-refractivity contribution >= 4 is 19.7 Å². The molecule has 0 N–H and O–H groups in total. The highest BCUT2D eigenvalue weighted by Gasteiger charge is 2.19. The summed E-state index contributed by atoms with van der Waals surface area (Å²) in [6.45, 7) is 0. The fourth-order valence-corrected chi connectivity index (χ4v) is 1.40. The van der Waals surface area contributed by atoms with Crippen LogP contribution in [0.1, 0.15) is 12.0 Å². The Morgan fingerprint density at radius 1 is 1.36 bits per heavy atom. The van der Waals surface area contributed by atoms with E-state index < -0.39 is 32.0 Å². The normalized spacial score (nSPS) is 12.1. The van der Waals surface area contributed by atoms with Gasteiger partial charge in [-0.2, -0.15) is 4.39 Å². The lowest BCUT2D eigenvalue weighted by Crippen LogP contribution is -2.01. The summed E-state index contributed by atoms with van der Waals surface area (Å²) in [5.74, 6) is -1.54. The van der Waals surface area contributed by atoms with Crippen molar-refractivity contribution in [1.82, 2.24) is 4.98 Å². The second kappa shape index (κ2) is 3.74. The van der Waals surface area contributed by atoms with Crippen LogP contribution in [0.25, 0.3) is 0 Å². The zero-order chi connectivity index (χ0) is 10.9. The van der Waals surface area contributed by atoms with E-state index in [4.69, 9.17) is 10.7 Å². The number of alkyl halides is 2. The highest BCUT2D eigenvalue weighted by molar-refractivity contribution is 8.13. The van der Waals surface area contributed by atoms with E-state index in [-0.39, 0.29) is 0 Å². The lowest BCUT2D eigenvalue weighted by Gasteiger charge is -2.01. The molecular formula is C6H3ClF3NO2S. The van der Waals surface area contributed by atoms with Crippen LogP contribution in [0.4, 0.5) is 13.2 Å². The van der Waals surface area contributed by atoms with Gasteiger partial charge in [0.2, 0.25) is 5.95 Å². The molecule has 0 spiro atoms. The molecular weight excluding hydrogens is 243 g/mol. The molecule has 0 aliphatic heterocycles. The molecule has 0 saturated heterocycles. The molecule has 0 atom stereocenters. The van der Waals surface area contributed by atoms with Gasteiger partial charge in [0.15, 0.2) is 5.03 Å². The predicted octanol–water partition coefficient (Wildman–Crippen LogP) is 2.09. The van der Waals surface area contributed by atoms with Crippen LogP contribution in [0.3, 0.4) is 0 Å². The van der Waals surface area contributed by atoms with Crippen molar-refractivity contribution in [3.8, 4) is 0 Å². The lowest BCUT2D eigenvalue weighted by atomic mass is 10.3. The van der Waals surface area contributed by atoms with Crippen LogP contribution in [0.2, 0.25) is 0 Å². The fraction of sp³-hybridized carbons (Fsp3) is 0.167. The van der Waals surface area contributed by atoms with Crippen LogP contribution >= 0.6 is 10.7 Å². The van der Waals surface area contributed by atoms with Gasteiger partial charge >= 0.3 is 0 Å². The smallest absolute Gasteiger partial charge is 0.206 e. The zero-order valence-electron chi connectivity index (χ0n) is 6.42. The molecule has 8 heteroatoms. The summed E-state index contributed by atoms with van der Waals surface area (Å²) in [6, 6.07) is 1.34. The van der Waals surface area contributed by atoms with E-state index in [2.05, 4.69) is 4.98 Å². The van der Waals surface area contributed by atoms with Crippen molar-refractivity contribution in [2.45, 2.75) is 11.5 Å². The summed E-state index contributed by atoms with van der Waals surface area (Å²) < 4.78 is 57.9. The van der Waals surface area contributed by atoms with Crippen LogP contribution in [0.5, 0.6) is 0 Å². The van der Waals surface area contributed by atoms with Crippen LogP contribution in [-0.2, 0) is 9.05 Å². The topological polar surface area (TPSA) is 47.0 Å². The molecule has 1 heterocycles. The first-order valence-corrected chi connectivity index (χ1v) is 5.52. The summed E-state index contributed by atoms with van der Waals surface area (Å²) in [6.07, 6.45) is -3.05. The third-order valence-electron chi connectivity index (χ3n) is 1.34. The SMILES string of the molecule is O=S(=O)(Cl)c1ccc(C(F)F)c(F)n1. The van der Waals surface area contributed by atoms with Crippen molar-refractivity contribution in [3.05, 3.63) is 23.6 Å². The third-order valence-corrected chi connectivity index (χ3v) is 2.54. The van der Waals surface area contributed by atoms with Gasteiger partial charge in [0.1, 0.15) is 0 Å². The van der Waals surface area contributed by atoms with E-state index in [0.29, 0.717) is 12.1 Å². The molecule has 0 unspecified atom stereocenters. The standard InChI is InChI=1S/C6H3ClF3NO2S/c7-14(12,13)4-2-1-3(5(8)9)6(10)11-4/h1-2,5H. The Bertz CT molecular complexity index is 448. The van der Waals surface area contributed by atoms with Gasteiger partial charge in [-0.25, -0.2) is 22.2 Å². The summed E-state index contributed by atoms with van der Waals surface area (Å²) in [4.78, 5) is 2.80. The number of halogens is 4. The third kappa shape index (κ3) is 2.36. The van der Waals surface area contributed by atoms with Crippen LogP contribution in [0.15, 0.2) is 17.2 Å². The van der Waals surface area contributed by atoms with Crippen molar-refractivity contribution in [3.63, 3.8) is 0 Å². The molecule has 0 amide bonds. The van der Waals surface area contributed by atoms with E-state index in [1.165, 1.54) is 0 Å². The maximum absolute atomic E-state index is 12.7. The molecule has 0 bridgehead atoms. The summed E-state index contributed by atoms with van der Waals surface area (Å²) in [5, 5.41) is -0.791. The average Bonchev–Trinajstić information content (AvgIpc) is 2.01. The first-order chi connectivity index (χ1) is 6.32. The van der Waals surface area contributed by atoms with Crippen molar-refractivity contribution in [2.24, 2.45) is 0 Å². The monoisotopic (exact) mass is 245 g/mol. The average molecular weight is 246 g/mol. The minimum Gasteiger partial charge on any atom is -0.206 e. The van der Waals surface area contributed by atoms with Gasteiger partial charge in [-0.1, -0.05) is 0 Å². The molecule has 1 aromatic rings. The minimum atomic E-state index is -4.19. The largest absolute Gasteiger partial charge is 0.278 e. The molecule has 0 saturated carbocycles. The summed E-state index contributed by atoms with van der Waals surface area (Å²) in [5.41, 5.74) is -0.964. The Labute approximate surface area is 81.9 Å². The van der Waals surface area contributed by atoms with Crippen LogP contribution in [-0.4, -0.2) is 13.4 Å². The molecule has 0 aliphatic carbocycles. The number of pyridine rings is 1. The molecule has 78 valence electrons. The fourth-order valence-electron chi connectivity index (χ4n) is 0.727. The summed E-state index contributed by atoms with van der Waals surface area (Å²) >= 11 is 0. The van der Waals surface area contributed by atoms with Gasteiger partial charge in [0.25, 0.3) is 15.5 Å². The van der Waals surface area contributed by atoms with Gasteiger partial charge in [-0.3, -0.25) is 0 Å². The van der Waals surface area contributed by atoms with Gasteiger partial charge in [-0.15, -0.1) is 0 Å². The highest BCUT2D eigenvalue weighted by atomic mass is 35.7. The molecule has 3 nitrogen and oxygen atoms in total. The number of aromatic nitrogens is 1. The zero-order valence-corrected chi connectivity index (χ0v) is 7.99. The maximum atomic E-state index is 12.7. The number of nitrogens with zero attached hydrogens (tertiary/aromatic N) is 1. The number of hydrogen-bond acceptors (Lipinski definition) is 3. The molecule has 0 radical (unpaired) electrons. The quantitative estimate of drug-likeness (QED) is 0.592. The van der Waals surface area contributed by atoms with Crippen LogP contribution in [0, 0.1) is 5.95 Å². The molecule has 0 aromatic carbocycles. The van der Waals surface area contributed by atoms with Crippen molar-refractivity contribution < 1.29 is 21.6 Å². The van der Waals surface area contributed by atoms with Crippen molar-refractivity contribution in [1.29, 1.82) is 0 Å². The second-order valence-electron chi connectivity index (χ2n) is 2.27. The molecule has 1 aromatic heterocycles. The minimum absolute atomic E-state index is 0.627. The Morgan fingerprint density at radius 3 is 2.29 bits per heavy atom. The highest BCUT2D eigenvalue weighted by Crippen LogP contribution is 2.22. The maximum Gasteiger partial charge on any atom is 0.278 e. The first kappa shape index (κ1) is 11.3. The Balaban J connectivity index is 3.27. The Kier molecular flexibility index (Phi) is 3.01. The number of hydrogen-bond donors (Lipinski definition) is 0. The van der Waals surface area contributed by atoms with E-state index in [0.717, 1.165) is 0 Å². The first-order valence-electron chi connectivity index (χ1n) is 3.21. The molecule has 0 aliphatic rings. The molecule has 14 heavy (non-hydrogen) atoms. The van der Waals surface area contributed by atoms with E-state index in [9.17, 15) is 21.6 Å². The molecule has 1 rings (SSSR count). The Morgan fingerprint density at radius 2 is 1.93 bits per heavy atom. The van der Waals surface area contributed by atoms with Gasteiger partial charge in [0, 0.05) is 10.7 Å². The van der Waals surface area contributed by atoms with Gasteiger partial charge < -0.3 is 0 Å². The van der Waals surface area contributed by atoms with E-state index >= 15 is 0 Å². The molecule has 0 fully saturated rings. The van der Waals surface area contributed by atoms with Gasteiger partial charge in [-0.05, 0) is 12.1 Å².